The molecule has 0 spiro atoms. The van der Waals surface area contributed by atoms with Crippen LogP contribution in [0.4, 0.5) is 14.5 Å². The smallest absolute Gasteiger partial charge is 0.134 e. The number of hydrogen-bond donors (Lipinski definition) is 1. The Morgan fingerprint density at radius 2 is 1.25 bits per heavy atom. The second-order valence-corrected chi connectivity index (χ2v) is 9.11. The van der Waals surface area contributed by atoms with Gasteiger partial charge in [0.05, 0.1) is 5.56 Å². The van der Waals surface area contributed by atoms with Crippen LogP contribution in [0.3, 0.4) is 0 Å². The van der Waals surface area contributed by atoms with E-state index in [9.17, 15) is 8.78 Å². The molecule has 0 aliphatic heterocycles. The Balaban J connectivity index is 1.45. The molecular weight excluding hydrogens is 352 g/mol. The van der Waals surface area contributed by atoms with Crippen molar-refractivity contribution >= 4 is 5.69 Å². The first-order chi connectivity index (χ1) is 13.5. The molecule has 150 valence electrons. The summed E-state index contributed by atoms with van der Waals surface area (Å²) in [6, 6.07) is 9.81. The van der Waals surface area contributed by atoms with E-state index < -0.39 is 11.6 Å². The molecule has 0 amide bonds. The van der Waals surface area contributed by atoms with E-state index in [0.717, 1.165) is 36.2 Å². The molecule has 0 radical (unpaired) electrons. The van der Waals surface area contributed by atoms with Crippen molar-refractivity contribution in [1.29, 1.82) is 0 Å². The molecule has 0 atom stereocenters. The molecule has 0 heterocycles. The number of halogens is 2. The van der Waals surface area contributed by atoms with Crippen LogP contribution < -0.4 is 5.73 Å². The second kappa shape index (κ2) is 8.23. The molecule has 2 aliphatic carbocycles. The third-order valence-electron chi connectivity index (χ3n) is 7.23. The predicted octanol–water partition coefficient (Wildman–Crippen LogP) is 7.31. The Bertz CT molecular complexity index is 775. The molecule has 0 unspecified atom stereocenters. The molecule has 0 aromatic heterocycles. The van der Waals surface area contributed by atoms with E-state index in [-0.39, 0.29) is 11.5 Å². The quantitative estimate of drug-likeness (QED) is 0.552. The van der Waals surface area contributed by atoms with Crippen LogP contribution in [0, 0.1) is 29.4 Å². The minimum absolute atomic E-state index is 0.0498. The van der Waals surface area contributed by atoms with Crippen molar-refractivity contribution in [3.8, 4) is 11.1 Å². The molecule has 4 rings (SSSR count). The molecule has 2 N–H and O–H groups in total. The van der Waals surface area contributed by atoms with Gasteiger partial charge in [0.25, 0.3) is 0 Å². The number of rotatable bonds is 3. The van der Waals surface area contributed by atoms with Crippen molar-refractivity contribution in [2.45, 2.75) is 64.2 Å². The van der Waals surface area contributed by atoms with E-state index in [4.69, 9.17) is 5.73 Å². The zero-order chi connectivity index (χ0) is 19.7. The fourth-order valence-electron chi connectivity index (χ4n) is 5.44. The SMILES string of the molecule is CC1CCC(C2CCC(c3cc(F)c(-c4ccc(N)cc4)c(F)c3)CC2)CC1. The largest absolute Gasteiger partial charge is 0.399 e. The van der Waals surface area contributed by atoms with E-state index in [1.54, 1.807) is 36.4 Å². The van der Waals surface area contributed by atoms with Crippen molar-refractivity contribution < 1.29 is 8.78 Å². The lowest BCUT2D eigenvalue weighted by atomic mass is 9.68. The molecule has 2 aliphatic rings. The van der Waals surface area contributed by atoms with Gasteiger partial charge in [0, 0.05) is 5.69 Å². The molecule has 1 nitrogen and oxygen atoms in total. The fraction of sp³-hybridized carbons (Fsp3) is 0.520. The molecule has 0 bridgehead atoms. The summed E-state index contributed by atoms with van der Waals surface area (Å²) in [5.41, 5.74) is 7.68. The van der Waals surface area contributed by atoms with Crippen molar-refractivity contribution in [2.24, 2.45) is 17.8 Å². The molecule has 2 saturated carbocycles. The Morgan fingerprint density at radius 3 is 1.79 bits per heavy atom. The summed E-state index contributed by atoms with van der Waals surface area (Å²) >= 11 is 0. The first kappa shape index (κ1) is 19.4. The minimum Gasteiger partial charge on any atom is -0.399 e. The average molecular weight is 384 g/mol. The summed E-state index contributed by atoms with van der Waals surface area (Å²) in [5.74, 6) is 1.92. The third kappa shape index (κ3) is 4.09. The molecule has 0 saturated heterocycles. The second-order valence-electron chi connectivity index (χ2n) is 9.11. The highest BCUT2D eigenvalue weighted by atomic mass is 19.1. The highest BCUT2D eigenvalue weighted by molar-refractivity contribution is 5.67. The highest BCUT2D eigenvalue weighted by Gasteiger charge is 2.31. The lowest BCUT2D eigenvalue weighted by molar-refractivity contribution is 0.165. The summed E-state index contributed by atoms with van der Waals surface area (Å²) in [6.07, 6.45) is 9.99. The number of nitrogens with two attached hydrogens (primary N) is 1. The van der Waals surface area contributed by atoms with Gasteiger partial charge in [-0.2, -0.15) is 0 Å². The van der Waals surface area contributed by atoms with E-state index >= 15 is 0 Å². The van der Waals surface area contributed by atoms with Gasteiger partial charge in [0.2, 0.25) is 0 Å². The lowest BCUT2D eigenvalue weighted by Gasteiger charge is -2.37. The zero-order valence-electron chi connectivity index (χ0n) is 16.8. The van der Waals surface area contributed by atoms with E-state index in [2.05, 4.69) is 6.92 Å². The molecule has 3 heteroatoms. The third-order valence-corrected chi connectivity index (χ3v) is 7.23. The monoisotopic (exact) mass is 383 g/mol. The van der Waals surface area contributed by atoms with Crippen LogP contribution in [-0.4, -0.2) is 0 Å². The minimum atomic E-state index is -0.469. The van der Waals surface area contributed by atoms with Crippen LogP contribution in [0.15, 0.2) is 36.4 Å². The van der Waals surface area contributed by atoms with Gasteiger partial charge in [-0.05, 0) is 97.6 Å². The maximum Gasteiger partial charge on any atom is 0.134 e. The molecule has 2 aromatic rings. The van der Waals surface area contributed by atoms with Gasteiger partial charge in [0.1, 0.15) is 11.6 Å². The van der Waals surface area contributed by atoms with Crippen LogP contribution in [0.2, 0.25) is 0 Å². The van der Waals surface area contributed by atoms with Crippen LogP contribution in [0.1, 0.15) is 69.8 Å². The summed E-state index contributed by atoms with van der Waals surface area (Å²) in [5, 5.41) is 0. The Hall–Kier alpha value is -1.90. The molecule has 28 heavy (non-hydrogen) atoms. The number of hydrogen-bond acceptors (Lipinski definition) is 1. The molecule has 2 fully saturated rings. The Morgan fingerprint density at radius 1 is 0.750 bits per heavy atom. The highest BCUT2D eigenvalue weighted by Crippen LogP contribution is 2.44. The van der Waals surface area contributed by atoms with Crippen molar-refractivity contribution in [1.82, 2.24) is 0 Å². The van der Waals surface area contributed by atoms with Crippen LogP contribution in [-0.2, 0) is 0 Å². The molecule has 2 aromatic carbocycles. The molecular formula is C25H31F2N. The van der Waals surface area contributed by atoms with Gasteiger partial charge >= 0.3 is 0 Å². The van der Waals surface area contributed by atoms with Gasteiger partial charge in [0.15, 0.2) is 0 Å². The fourth-order valence-corrected chi connectivity index (χ4v) is 5.44. The zero-order valence-corrected chi connectivity index (χ0v) is 16.8. The van der Waals surface area contributed by atoms with Crippen molar-refractivity contribution in [2.75, 3.05) is 5.73 Å². The van der Waals surface area contributed by atoms with Crippen molar-refractivity contribution in [3.05, 3.63) is 53.6 Å². The normalized spacial score (nSPS) is 28.2. The summed E-state index contributed by atoms with van der Waals surface area (Å²) in [6.45, 7) is 2.37. The van der Waals surface area contributed by atoms with E-state index in [1.807, 2.05) is 0 Å². The number of benzene rings is 2. The van der Waals surface area contributed by atoms with Crippen LogP contribution in [0.25, 0.3) is 11.1 Å². The van der Waals surface area contributed by atoms with E-state index in [1.165, 1.54) is 38.5 Å². The lowest BCUT2D eigenvalue weighted by Crippen LogP contribution is -2.24. The maximum absolute atomic E-state index is 14.8. The van der Waals surface area contributed by atoms with Gasteiger partial charge < -0.3 is 5.73 Å². The van der Waals surface area contributed by atoms with Crippen LogP contribution in [0.5, 0.6) is 0 Å². The van der Waals surface area contributed by atoms with Gasteiger partial charge in [-0.15, -0.1) is 0 Å². The van der Waals surface area contributed by atoms with Crippen molar-refractivity contribution in [3.63, 3.8) is 0 Å². The standard InChI is InChI=1S/C25H31F2N/c1-16-2-4-17(5-3-16)18-6-8-19(9-7-18)21-14-23(26)25(24(27)15-21)20-10-12-22(28)13-11-20/h10-19H,2-9,28H2,1H3. The maximum atomic E-state index is 14.8. The average Bonchev–Trinajstić information content (AvgIpc) is 2.70. The summed E-state index contributed by atoms with van der Waals surface area (Å²) in [7, 11) is 0. The van der Waals surface area contributed by atoms with Gasteiger partial charge in [-0.1, -0.05) is 31.9 Å². The number of nitrogen functional groups attached to an aromatic ring is 1. The first-order valence-corrected chi connectivity index (χ1v) is 10.9. The Kier molecular flexibility index (Phi) is 5.70. The van der Waals surface area contributed by atoms with Gasteiger partial charge in [-0.25, -0.2) is 8.78 Å². The van der Waals surface area contributed by atoms with Gasteiger partial charge in [-0.3, -0.25) is 0 Å². The summed E-state index contributed by atoms with van der Waals surface area (Å²) < 4.78 is 29.6. The summed E-state index contributed by atoms with van der Waals surface area (Å²) in [4.78, 5) is 0. The number of anilines is 1. The van der Waals surface area contributed by atoms with E-state index in [0.29, 0.717) is 11.3 Å². The Labute approximate surface area is 167 Å². The van der Waals surface area contributed by atoms with Crippen LogP contribution >= 0.6 is 0 Å². The topological polar surface area (TPSA) is 26.0 Å². The first-order valence-electron chi connectivity index (χ1n) is 10.9. The predicted molar refractivity (Wildman–Crippen MR) is 112 cm³/mol.